The minimum absolute atomic E-state index is 0.0300. The number of carbonyl (C=O) groups excluding carboxylic acids is 8. The quantitative estimate of drug-likeness (QED) is 0.0254. The lowest BCUT2D eigenvalue weighted by Gasteiger charge is -2.28. The molecular formula is C47H82N14O8. The number of nitrogen functional groups attached to an aromatic ring is 1. The molecule has 1 rings (SSSR count). The second kappa shape index (κ2) is 31.7. The van der Waals surface area contributed by atoms with Crippen LogP contribution >= 0.6 is 0 Å². The highest BCUT2D eigenvalue weighted by atomic mass is 16.2. The molecule has 0 aliphatic carbocycles. The first-order valence-electron chi connectivity index (χ1n) is 23.9. The van der Waals surface area contributed by atoms with Crippen molar-refractivity contribution in [3.63, 3.8) is 0 Å². The molecule has 0 aromatic heterocycles. The molecule has 0 aliphatic rings. The average Bonchev–Trinajstić information content (AvgIpc) is 3.25. The summed E-state index contributed by atoms with van der Waals surface area (Å²) in [7, 11) is 0. The van der Waals surface area contributed by atoms with Crippen molar-refractivity contribution in [2.24, 2.45) is 40.9 Å². The topological polar surface area (TPSA) is 371 Å². The molecule has 1 aromatic rings. The Kier molecular flexibility index (Phi) is 27.9. The number of nitrogens with one attached hydrogen (secondary N) is 11. The second-order valence-corrected chi connectivity index (χ2v) is 19.0. The van der Waals surface area contributed by atoms with E-state index in [4.69, 9.17) is 28.0 Å². The molecule has 17 N–H and O–H groups in total. The molecule has 0 saturated carbocycles. The second-order valence-electron chi connectivity index (χ2n) is 19.0. The molecule has 0 spiro atoms. The van der Waals surface area contributed by atoms with E-state index in [2.05, 4.69) is 47.9 Å². The van der Waals surface area contributed by atoms with Crippen LogP contribution in [0.2, 0.25) is 0 Å². The molecule has 0 radical (unpaired) electrons. The van der Waals surface area contributed by atoms with Crippen molar-refractivity contribution in [1.82, 2.24) is 47.9 Å². The van der Waals surface area contributed by atoms with Crippen LogP contribution in [0.5, 0.6) is 0 Å². The van der Waals surface area contributed by atoms with Gasteiger partial charge in [0, 0.05) is 25.6 Å². The van der Waals surface area contributed by atoms with Gasteiger partial charge in [-0.25, -0.2) is 0 Å². The van der Waals surface area contributed by atoms with Crippen molar-refractivity contribution in [3.05, 3.63) is 35.4 Å². The van der Waals surface area contributed by atoms with Crippen molar-refractivity contribution in [1.29, 1.82) is 10.8 Å². The predicted molar refractivity (Wildman–Crippen MR) is 265 cm³/mol. The first-order valence-corrected chi connectivity index (χ1v) is 23.9. The fourth-order valence-corrected chi connectivity index (χ4v) is 7.16. The van der Waals surface area contributed by atoms with Crippen LogP contribution < -0.4 is 65.1 Å². The van der Waals surface area contributed by atoms with Crippen molar-refractivity contribution in [2.75, 3.05) is 19.6 Å². The zero-order valence-electron chi connectivity index (χ0n) is 42.1. The van der Waals surface area contributed by atoms with Crippen LogP contribution in [0.1, 0.15) is 125 Å². The summed E-state index contributed by atoms with van der Waals surface area (Å²) in [6, 6.07) is 0.355. The number of unbranched alkanes of at least 4 members (excludes halogenated alkanes) is 1. The van der Waals surface area contributed by atoms with Gasteiger partial charge >= 0.3 is 0 Å². The molecule has 0 fully saturated rings. The Morgan fingerprint density at radius 1 is 0.536 bits per heavy atom. The molecule has 0 heterocycles. The van der Waals surface area contributed by atoms with Gasteiger partial charge in [-0.3, -0.25) is 49.2 Å². The number of hydrogen-bond acceptors (Lipinski definition) is 11. The van der Waals surface area contributed by atoms with E-state index in [0.29, 0.717) is 31.4 Å². The fourth-order valence-electron chi connectivity index (χ4n) is 7.16. The molecule has 8 amide bonds. The molecule has 69 heavy (non-hydrogen) atoms. The molecule has 1 aromatic carbocycles. The summed E-state index contributed by atoms with van der Waals surface area (Å²) < 4.78 is 0. The Bertz CT molecular complexity index is 1870. The van der Waals surface area contributed by atoms with E-state index >= 15 is 0 Å². The summed E-state index contributed by atoms with van der Waals surface area (Å²) in [6.45, 7) is 16.1. The van der Waals surface area contributed by atoms with Crippen LogP contribution in [-0.4, -0.2) is 115 Å². The normalized spacial score (nSPS) is 13.8. The summed E-state index contributed by atoms with van der Waals surface area (Å²) in [4.78, 5) is 107. The largest absolute Gasteiger partial charge is 0.384 e. The molecular weight excluding hydrogens is 889 g/mol. The molecule has 22 heteroatoms. The van der Waals surface area contributed by atoms with E-state index in [-0.39, 0.29) is 74.7 Å². The average molecular weight is 971 g/mol. The number of amidine groups is 1. The van der Waals surface area contributed by atoms with Gasteiger partial charge in [-0.2, -0.15) is 0 Å². The monoisotopic (exact) mass is 971 g/mol. The van der Waals surface area contributed by atoms with E-state index < -0.39 is 96.0 Å². The van der Waals surface area contributed by atoms with E-state index in [9.17, 15) is 38.4 Å². The Hall–Kier alpha value is -6.32. The van der Waals surface area contributed by atoms with Crippen LogP contribution in [0.25, 0.3) is 0 Å². The van der Waals surface area contributed by atoms with Gasteiger partial charge in [0.1, 0.15) is 42.1 Å². The number of guanidine groups is 1. The number of nitrogens with two attached hydrogens (primary N) is 3. The molecule has 0 bridgehead atoms. The third kappa shape index (κ3) is 25.0. The minimum Gasteiger partial charge on any atom is -0.384 e. The molecule has 0 saturated heterocycles. The first kappa shape index (κ1) is 60.7. The highest BCUT2D eigenvalue weighted by molar-refractivity contribution is 5.97. The van der Waals surface area contributed by atoms with Crippen LogP contribution in [0.4, 0.5) is 0 Å². The van der Waals surface area contributed by atoms with Crippen LogP contribution in [0.3, 0.4) is 0 Å². The summed E-state index contributed by atoms with van der Waals surface area (Å²) in [5.41, 5.74) is 18.0. The van der Waals surface area contributed by atoms with Gasteiger partial charge in [0.2, 0.25) is 47.3 Å². The third-order valence-corrected chi connectivity index (χ3v) is 10.7. The van der Waals surface area contributed by atoms with Crippen molar-refractivity contribution >= 4 is 59.1 Å². The van der Waals surface area contributed by atoms with Gasteiger partial charge in [0.25, 0.3) is 0 Å². The number of carbonyl (C=O) groups is 8. The van der Waals surface area contributed by atoms with Crippen LogP contribution in [0.15, 0.2) is 24.3 Å². The highest BCUT2D eigenvalue weighted by Gasteiger charge is 2.33. The van der Waals surface area contributed by atoms with Gasteiger partial charge < -0.3 is 65.1 Å². The first-order chi connectivity index (χ1) is 32.3. The number of hydrogen-bond donors (Lipinski definition) is 14. The maximum absolute atomic E-state index is 14.1. The van der Waals surface area contributed by atoms with Gasteiger partial charge in [-0.05, 0) is 87.1 Å². The lowest BCUT2D eigenvalue weighted by molar-refractivity contribution is -0.135. The van der Waals surface area contributed by atoms with E-state index in [0.717, 1.165) is 5.56 Å². The smallest absolute Gasteiger partial charge is 0.243 e. The van der Waals surface area contributed by atoms with Crippen molar-refractivity contribution in [2.45, 2.75) is 156 Å². The van der Waals surface area contributed by atoms with E-state index in [1.807, 2.05) is 41.5 Å². The SMILES string of the molecule is CC(=O)N[C@H](CC(C)C)C(=O)NC(CC(C)C)C(=O)NCC(=O)N[C@@H](CC(C)C)C(=O)N[C@@H](CCCNC(=N)N)C(=O)N[C@H](C(=O)N[C@@H](CCCCN)C(=O)NCc1ccc(C(=N)N)cc1)C(C)C. The fraction of sp³-hybridized carbons (Fsp3) is 0.660. The van der Waals surface area contributed by atoms with E-state index in [1.165, 1.54) is 6.92 Å². The number of benzene rings is 1. The maximum atomic E-state index is 14.1. The summed E-state index contributed by atoms with van der Waals surface area (Å²) in [5, 5.41) is 39.4. The van der Waals surface area contributed by atoms with Crippen molar-refractivity contribution < 1.29 is 38.4 Å². The van der Waals surface area contributed by atoms with Crippen LogP contribution in [0, 0.1) is 34.5 Å². The summed E-state index contributed by atoms with van der Waals surface area (Å²) in [6.07, 6.45) is 2.40. The molecule has 22 nitrogen and oxygen atoms in total. The number of amides is 8. The summed E-state index contributed by atoms with van der Waals surface area (Å²) in [5.74, 6) is -5.75. The standard InChI is InChI=1S/C47H82N14O8/c1-26(2)21-35(60-44(67)36(22-27(3)4)56-30(9)62)42(65)55-25-38(63)57-37(23-28(5)6)45(68)58-34(14-12-20-53-47(51)52)43(66)61-39(29(7)8)46(69)59-33(13-10-11-19-48)41(64)54-24-31-15-17-32(18-16-31)40(49)50/h15-18,26-29,33-37,39H,10-14,19-25,48H2,1-9H3,(H3,49,50)(H,54,64)(H,55,65)(H,56,62)(H,57,63)(H,58,68)(H,59,69)(H,60,67)(H,61,66)(H4,51,52,53)/t33-,34-,35?,36+,37-,39-/m0/s1. The van der Waals surface area contributed by atoms with Gasteiger partial charge in [0.05, 0.1) is 6.54 Å². The molecule has 1 unspecified atom stereocenters. The lowest BCUT2D eigenvalue weighted by atomic mass is 9.99. The maximum Gasteiger partial charge on any atom is 0.243 e. The molecule has 6 atom stereocenters. The van der Waals surface area contributed by atoms with Gasteiger partial charge in [0.15, 0.2) is 5.96 Å². The minimum atomic E-state index is -1.23. The summed E-state index contributed by atoms with van der Waals surface area (Å²) >= 11 is 0. The zero-order valence-corrected chi connectivity index (χ0v) is 42.1. The van der Waals surface area contributed by atoms with Gasteiger partial charge in [-0.15, -0.1) is 0 Å². The molecule has 0 aliphatic heterocycles. The lowest BCUT2D eigenvalue weighted by Crippen LogP contribution is -2.60. The number of rotatable bonds is 32. The van der Waals surface area contributed by atoms with Gasteiger partial charge in [-0.1, -0.05) is 79.7 Å². The van der Waals surface area contributed by atoms with Crippen molar-refractivity contribution in [3.8, 4) is 0 Å². The Balaban J connectivity index is 3.25. The highest BCUT2D eigenvalue weighted by Crippen LogP contribution is 2.12. The zero-order chi connectivity index (χ0) is 52.4. The Morgan fingerprint density at radius 2 is 1.00 bits per heavy atom. The molecule has 388 valence electrons. The Morgan fingerprint density at radius 3 is 1.49 bits per heavy atom. The Labute approximate surface area is 407 Å². The van der Waals surface area contributed by atoms with E-state index in [1.54, 1.807) is 38.1 Å². The third-order valence-electron chi connectivity index (χ3n) is 10.7. The predicted octanol–water partition coefficient (Wildman–Crippen LogP) is -0.182. The van der Waals surface area contributed by atoms with Crippen LogP contribution in [-0.2, 0) is 44.9 Å².